The van der Waals surface area contributed by atoms with Gasteiger partial charge in [0, 0.05) is 11.6 Å². The number of alkyl halides is 3. The predicted octanol–water partition coefficient (Wildman–Crippen LogP) is 3.35. The Morgan fingerprint density at radius 3 is 2.33 bits per heavy atom. The average Bonchev–Trinajstić information content (AvgIpc) is 2.17. The summed E-state index contributed by atoms with van der Waals surface area (Å²) >= 11 is 0. The normalized spacial score (nSPS) is 18.5. The van der Waals surface area contributed by atoms with E-state index in [-0.39, 0.29) is 5.92 Å². The topological polar surface area (TPSA) is 46.2 Å². The van der Waals surface area contributed by atoms with E-state index in [1.165, 1.54) is 0 Å². The van der Waals surface area contributed by atoms with E-state index >= 15 is 0 Å². The largest absolute Gasteiger partial charge is 0.505 e. The summed E-state index contributed by atoms with van der Waals surface area (Å²) in [6, 6.07) is 0.254. The van der Waals surface area contributed by atoms with Crippen LogP contribution in [0, 0.1) is 11.7 Å². The van der Waals surface area contributed by atoms with Crippen LogP contribution in [0.3, 0.4) is 0 Å². The molecule has 2 nitrogen and oxygen atoms in total. The van der Waals surface area contributed by atoms with Gasteiger partial charge in [0.25, 0.3) is 0 Å². The van der Waals surface area contributed by atoms with Crippen molar-refractivity contribution in [3.05, 3.63) is 29.1 Å². The van der Waals surface area contributed by atoms with Gasteiger partial charge >= 0.3 is 6.18 Å². The molecule has 0 unspecified atom stereocenters. The number of benzene rings is 1. The fourth-order valence-corrected chi connectivity index (χ4v) is 2.20. The maximum absolute atomic E-state index is 13.2. The summed E-state index contributed by atoms with van der Waals surface area (Å²) in [5, 5.41) is 9.53. The SMILES string of the molecule is N[C@@H](c1c(C(F)(F)F)ccc(F)c1O)C1CCC1. The first-order chi connectivity index (χ1) is 8.32. The average molecular weight is 263 g/mol. The van der Waals surface area contributed by atoms with Gasteiger partial charge in [-0.15, -0.1) is 0 Å². The summed E-state index contributed by atoms with van der Waals surface area (Å²) in [5.74, 6) is -2.18. The van der Waals surface area contributed by atoms with E-state index in [1.54, 1.807) is 0 Å². The van der Waals surface area contributed by atoms with Crippen LogP contribution in [0.5, 0.6) is 5.75 Å². The fraction of sp³-hybridized carbons (Fsp3) is 0.500. The molecule has 0 bridgehead atoms. The van der Waals surface area contributed by atoms with Crippen molar-refractivity contribution < 1.29 is 22.7 Å². The first-order valence-electron chi connectivity index (χ1n) is 5.66. The van der Waals surface area contributed by atoms with Crippen molar-refractivity contribution in [1.82, 2.24) is 0 Å². The molecule has 1 saturated carbocycles. The highest BCUT2D eigenvalue weighted by Crippen LogP contribution is 2.45. The number of hydrogen-bond donors (Lipinski definition) is 2. The Kier molecular flexibility index (Phi) is 3.23. The summed E-state index contributed by atoms with van der Waals surface area (Å²) in [6.45, 7) is 0. The van der Waals surface area contributed by atoms with Crippen LogP contribution in [-0.2, 0) is 6.18 Å². The highest BCUT2D eigenvalue weighted by Gasteiger charge is 2.39. The molecular weight excluding hydrogens is 250 g/mol. The molecule has 0 spiro atoms. The molecule has 1 atom stereocenters. The van der Waals surface area contributed by atoms with Crippen LogP contribution in [-0.4, -0.2) is 5.11 Å². The number of aromatic hydroxyl groups is 1. The molecule has 1 aromatic carbocycles. The smallest absolute Gasteiger partial charge is 0.416 e. The number of phenolic OH excluding ortho intramolecular Hbond substituents is 1. The van der Waals surface area contributed by atoms with Gasteiger partial charge in [0.1, 0.15) is 0 Å². The van der Waals surface area contributed by atoms with E-state index in [1.807, 2.05) is 0 Å². The van der Waals surface area contributed by atoms with E-state index in [0.29, 0.717) is 25.0 Å². The van der Waals surface area contributed by atoms with Crippen LogP contribution in [0.15, 0.2) is 12.1 Å². The molecule has 1 aliphatic rings. The Morgan fingerprint density at radius 2 is 1.89 bits per heavy atom. The summed E-state index contributed by atoms with van der Waals surface area (Å²) < 4.78 is 51.7. The van der Waals surface area contributed by atoms with Crippen molar-refractivity contribution in [1.29, 1.82) is 0 Å². The van der Waals surface area contributed by atoms with Gasteiger partial charge in [0.05, 0.1) is 5.56 Å². The third kappa shape index (κ3) is 2.16. The van der Waals surface area contributed by atoms with Gasteiger partial charge < -0.3 is 10.8 Å². The van der Waals surface area contributed by atoms with Crippen LogP contribution in [0.4, 0.5) is 17.6 Å². The quantitative estimate of drug-likeness (QED) is 0.804. The minimum Gasteiger partial charge on any atom is -0.505 e. The van der Waals surface area contributed by atoms with Crippen LogP contribution in [0.25, 0.3) is 0 Å². The molecular formula is C12H13F4NO. The second-order valence-corrected chi connectivity index (χ2v) is 4.57. The van der Waals surface area contributed by atoms with Crippen LogP contribution >= 0.6 is 0 Å². The third-order valence-corrected chi connectivity index (χ3v) is 3.46. The monoisotopic (exact) mass is 263 g/mol. The Labute approximate surface area is 101 Å². The van der Waals surface area contributed by atoms with E-state index in [9.17, 15) is 22.7 Å². The molecule has 6 heteroatoms. The summed E-state index contributed by atoms with van der Waals surface area (Å²) in [4.78, 5) is 0. The van der Waals surface area contributed by atoms with Crippen molar-refractivity contribution in [2.75, 3.05) is 0 Å². The summed E-state index contributed by atoms with van der Waals surface area (Å²) in [6.07, 6.45) is -2.35. The molecule has 0 aliphatic heterocycles. The zero-order chi connectivity index (χ0) is 13.5. The number of hydrogen-bond acceptors (Lipinski definition) is 2. The molecule has 3 N–H and O–H groups in total. The summed E-state index contributed by atoms with van der Waals surface area (Å²) in [7, 11) is 0. The molecule has 0 heterocycles. The van der Waals surface area contributed by atoms with E-state index in [2.05, 4.69) is 0 Å². The molecule has 0 saturated heterocycles. The molecule has 18 heavy (non-hydrogen) atoms. The van der Waals surface area contributed by atoms with Crippen LogP contribution in [0.2, 0.25) is 0 Å². The Balaban J connectivity index is 2.50. The van der Waals surface area contributed by atoms with Gasteiger partial charge in [-0.3, -0.25) is 0 Å². The van der Waals surface area contributed by atoms with Gasteiger partial charge in [-0.1, -0.05) is 6.42 Å². The van der Waals surface area contributed by atoms with Crippen molar-refractivity contribution in [3.63, 3.8) is 0 Å². The molecule has 1 aromatic rings. The van der Waals surface area contributed by atoms with E-state index in [0.717, 1.165) is 6.42 Å². The lowest BCUT2D eigenvalue weighted by atomic mass is 9.76. The van der Waals surface area contributed by atoms with Gasteiger partial charge in [0.15, 0.2) is 11.6 Å². The van der Waals surface area contributed by atoms with Gasteiger partial charge in [-0.2, -0.15) is 13.2 Å². The zero-order valence-corrected chi connectivity index (χ0v) is 9.47. The van der Waals surface area contributed by atoms with Crippen molar-refractivity contribution in [2.24, 2.45) is 11.7 Å². The Bertz CT molecular complexity index is 454. The Hall–Kier alpha value is -1.30. The van der Waals surface area contributed by atoms with Crippen LogP contribution < -0.4 is 5.73 Å². The lowest BCUT2D eigenvalue weighted by Gasteiger charge is -2.33. The van der Waals surface area contributed by atoms with Crippen molar-refractivity contribution in [2.45, 2.75) is 31.5 Å². The predicted molar refractivity (Wildman–Crippen MR) is 57.3 cm³/mol. The minimum absolute atomic E-state index is 0.126. The second kappa shape index (κ2) is 4.42. The zero-order valence-electron chi connectivity index (χ0n) is 9.47. The van der Waals surface area contributed by atoms with Gasteiger partial charge in [0.2, 0.25) is 0 Å². The molecule has 0 aromatic heterocycles. The lowest BCUT2D eigenvalue weighted by molar-refractivity contribution is -0.138. The third-order valence-electron chi connectivity index (χ3n) is 3.46. The molecule has 1 aliphatic carbocycles. The first kappa shape index (κ1) is 13.1. The standard InChI is InChI=1S/C12H13F4NO/c13-8-5-4-7(12(14,15)16)9(11(8)18)10(17)6-2-1-3-6/h4-6,10,18H,1-3,17H2/t10-/m1/s1. The molecule has 0 amide bonds. The Morgan fingerprint density at radius 1 is 1.28 bits per heavy atom. The highest BCUT2D eigenvalue weighted by molar-refractivity contribution is 5.44. The van der Waals surface area contributed by atoms with Crippen molar-refractivity contribution >= 4 is 0 Å². The van der Waals surface area contributed by atoms with Gasteiger partial charge in [-0.25, -0.2) is 4.39 Å². The maximum atomic E-state index is 13.2. The van der Waals surface area contributed by atoms with E-state index < -0.39 is 34.9 Å². The highest BCUT2D eigenvalue weighted by atomic mass is 19.4. The van der Waals surface area contributed by atoms with Crippen molar-refractivity contribution in [3.8, 4) is 5.75 Å². The molecule has 1 fully saturated rings. The lowest BCUT2D eigenvalue weighted by Crippen LogP contribution is -2.29. The van der Waals surface area contributed by atoms with Gasteiger partial charge in [-0.05, 0) is 30.9 Å². The number of phenols is 1. The maximum Gasteiger partial charge on any atom is 0.416 e. The fourth-order valence-electron chi connectivity index (χ4n) is 2.20. The number of nitrogens with two attached hydrogens (primary N) is 1. The molecule has 0 radical (unpaired) electrons. The van der Waals surface area contributed by atoms with Crippen LogP contribution in [0.1, 0.15) is 36.4 Å². The molecule has 2 rings (SSSR count). The second-order valence-electron chi connectivity index (χ2n) is 4.57. The minimum atomic E-state index is -4.65. The molecule has 100 valence electrons. The number of rotatable bonds is 2. The number of halogens is 4. The summed E-state index contributed by atoms with van der Waals surface area (Å²) in [5.41, 5.74) is 4.16. The first-order valence-corrected chi connectivity index (χ1v) is 5.66. The van der Waals surface area contributed by atoms with E-state index in [4.69, 9.17) is 5.73 Å².